The summed E-state index contributed by atoms with van der Waals surface area (Å²) in [5.74, 6) is 0. The third-order valence-corrected chi connectivity index (χ3v) is 0.707. The molecule has 37 valence electrons. The van der Waals surface area contributed by atoms with Gasteiger partial charge in [-0.25, -0.2) is 5.26 Å². The van der Waals surface area contributed by atoms with Crippen LogP contribution in [0.25, 0.3) is 0 Å². The maximum atomic E-state index is 7.25. The lowest BCUT2D eigenvalue weighted by atomic mass is 10.3. The fraction of sp³-hybridized carbons (Fsp3) is 1.00. The Morgan fingerprint density at radius 1 is 1.33 bits per heavy atom. The van der Waals surface area contributed by atoms with Crippen LogP contribution in [-0.4, -0.2) is 18.3 Å². The largest absolute Gasteiger partial charge is 0.317 e. The number of rotatable bonds is 0. The Morgan fingerprint density at radius 3 is 1.50 bits per heavy atom. The molecule has 1 aliphatic heterocycles. The second kappa shape index (κ2) is 4.88. The maximum Gasteiger partial charge on any atom is -0.00368 e. The van der Waals surface area contributed by atoms with Crippen LogP contribution in [0.4, 0.5) is 0 Å². The first-order chi connectivity index (χ1) is 3.00. The molecule has 6 heavy (non-hydrogen) atoms. The molecule has 0 atom stereocenters. The van der Waals surface area contributed by atoms with Gasteiger partial charge in [0, 0.05) is 0 Å². The van der Waals surface area contributed by atoms with Crippen LogP contribution in [-0.2, 0) is 5.26 Å². The van der Waals surface area contributed by atoms with Gasteiger partial charge in [0.25, 0.3) is 0 Å². The van der Waals surface area contributed by atoms with Crippen LogP contribution in [0, 0.1) is 0 Å². The Bertz CT molecular complexity index is 16.8. The van der Waals surface area contributed by atoms with E-state index >= 15 is 0 Å². The summed E-state index contributed by atoms with van der Waals surface area (Å²) < 4.78 is 0. The van der Waals surface area contributed by atoms with Gasteiger partial charge in [0.1, 0.15) is 0 Å². The molecule has 1 radical (unpaired) electrons. The Labute approximate surface area is 36.5 Å². The van der Waals surface area contributed by atoms with Crippen molar-refractivity contribution in [1.29, 1.82) is 0 Å². The zero-order valence-electron chi connectivity index (χ0n) is 3.48. The molecule has 1 heterocycles. The van der Waals surface area contributed by atoms with Crippen molar-refractivity contribution in [3.8, 4) is 0 Å². The van der Waals surface area contributed by atoms with Gasteiger partial charge in [0.2, 0.25) is 0 Å². The second-order valence-electron chi connectivity index (χ2n) is 1.10. The Morgan fingerprint density at radius 2 is 1.50 bits per heavy atom. The van der Waals surface area contributed by atoms with Gasteiger partial charge >= 0.3 is 0 Å². The van der Waals surface area contributed by atoms with Crippen molar-refractivity contribution in [2.45, 2.75) is 6.42 Å². The fourth-order valence-corrected chi connectivity index (χ4v) is 0.177. The molecule has 2 N–H and O–H groups in total. The molecule has 0 amide bonds. The lowest BCUT2D eigenvalue weighted by Gasteiger charge is -2.09. The first-order valence-corrected chi connectivity index (χ1v) is 1.89. The van der Waals surface area contributed by atoms with Crippen LogP contribution in [0.2, 0.25) is 0 Å². The number of hydrogen-bond donors (Lipinski definition) is 2. The van der Waals surface area contributed by atoms with Crippen molar-refractivity contribution in [3.05, 3.63) is 0 Å². The molecule has 3 nitrogen and oxygen atoms in total. The summed E-state index contributed by atoms with van der Waals surface area (Å²) in [7, 11) is 0. The van der Waals surface area contributed by atoms with Gasteiger partial charge in [0.05, 0.1) is 0 Å². The standard InChI is InChI=1S/C3H7N.HO2/c1-2-4-3-1;1-2/h4H,1-3H2;1H. The minimum atomic E-state index is 1.25. The van der Waals surface area contributed by atoms with E-state index in [1.807, 2.05) is 0 Å². The molecule has 0 aromatic heterocycles. The normalized spacial score (nSPS) is 17.0. The highest BCUT2D eigenvalue weighted by molar-refractivity contribution is 4.56. The molecule has 1 fully saturated rings. The van der Waals surface area contributed by atoms with Crippen molar-refractivity contribution in [2.24, 2.45) is 0 Å². The molecular formula is C3H8NO2. The first kappa shape index (κ1) is 5.88. The van der Waals surface area contributed by atoms with E-state index < -0.39 is 0 Å². The van der Waals surface area contributed by atoms with Crippen LogP contribution in [0.5, 0.6) is 0 Å². The number of hydrogen-bond acceptors (Lipinski definition) is 2. The molecule has 1 rings (SSSR count). The molecule has 0 aliphatic carbocycles. The molecule has 0 saturated carbocycles. The summed E-state index contributed by atoms with van der Waals surface area (Å²) in [5, 5.41) is 16.1. The van der Waals surface area contributed by atoms with Crippen molar-refractivity contribution >= 4 is 0 Å². The average molecular weight is 90.1 g/mol. The van der Waals surface area contributed by atoms with Gasteiger partial charge in [0.15, 0.2) is 0 Å². The van der Waals surface area contributed by atoms with Gasteiger partial charge in [-0.15, -0.1) is 0 Å². The zero-order valence-corrected chi connectivity index (χ0v) is 3.48. The Hall–Kier alpha value is -0.120. The monoisotopic (exact) mass is 90.1 g/mol. The zero-order chi connectivity index (χ0) is 4.83. The van der Waals surface area contributed by atoms with E-state index in [0.29, 0.717) is 0 Å². The van der Waals surface area contributed by atoms with Crippen LogP contribution in [0.15, 0.2) is 0 Å². The van der Waals surface area contributed by atoms with Crippen LogP contribution in [0.1, 0.15) is 6.42 Å². The second-order valence-corrected chi connectivity index (χ2v) is 1.10. The summed E-state index contributed by atoms with van der Waals surface area (Å²) in [6.07, 6.45) is 1.39. The van der Waals surface area contributed by atoms with E-state index in [4.69, 9.17) is 10.5 Å². The summed E-state index contributed by atoms with van der Waals surface area (Å²) in [6, 6.07) is 0. The summed E-state index contributed by atoms with van der Waals surface area (Å²) in [5.41, 5.74) is 0. The fourth-order valence-electron chi connectivity index (χ4n) is 0.177. The first-order valence-electron chi connectivity index (χ1n) is 1.89. The van der Waals surface area contributed by atoms with Crippen molar-refractivity contribution in [2.75, 3.05) is 13.1 Å². The van der Waals surface area contributed by atoms with Crippen molar-refractivity contribution in [3.63, 3.8) is 0 Å². The molecule has 0 aromatic rings. The van der Waals surface area contributed by atoms with Crippen molar-refractivity contribution in [1.82, 2.24) is 5.32 Å². The molecule has 0 spiro atoms. The van der Waals surface area contributed by atoms with E-state index in [9.17, 15) is 0 Å². The molecule has 1 aliphatic rings. The van der Waals surface area contributed by atoms with E-state index in [-0.39, 0.29) is 0 Å². The minimum absolute atomic E-state index is 1.25. The summed E-state index contributed by atoms with van der Waals surface area (Å²) >= 11 is 0. The highest BCUT2D eigenvalue weighted by Crippen LogP contribution is 1.80. The predicted molar refractivity (Wildman–Crippen MR) is 20.8 cm³/mol. The minimum Gasteiger partial charge on any atom is -0.317 e. The number of nitrogens with one attached hydrogen (secondary N) is 1. The average Bonchev–Trinajstić information content (AvgIpc) is 1.36. The van der Waals surface area contributed by atoms with E-state index in [0.717, 1.165) is 0 Å². The summed E-state index contributed by atoms with van der Waals surface area (Å²) in [6.45, 7) is 2.50. The summed E-state index contributed by atoms with van der Waals surface area (Å²) in [4.78, 5) is 0. The van der Waals surface area contributed by atoms with Gasteiger partial charge in [-0.1, -0.05) is 0 Å². The van der Waals surface area contributed by atoms with Crippen LogP contribution >= 0.6 is 0 Å². The maximum absolute atomic E-state index is 7.25. The highest BCUT2D eigenvalue weighted by Gasteiger charge is 1.92. The lowest BCUT2D eigenvalue weighted by molar-refractivity contribution is -0.247. The van der Waals surface area contributed by atoms with E-state index in [2.05, 4.69) is 5.32 Å². The SMILES string of the molecule is C1CNC1.[O]O. The van der Waals surface area contributed by atoms with E-state index in [1.54, 1.807) is 0 Å². The molecule has 0 bridgehead atoms. The van der Waals surface area contributed by atoms with Gasteiger partial charge < -0.3 is 5.32 Å². The third kappa shape index (κ3) is 2.14. The Kier molecular flexibility index (Phi) is 4.78. The molecule has 1 saturated heterocycles. The van der Waals surface area contributed by atoms with Gasteiger partial charge in [-0.05, 0) is 24.8 Å². The van der Waals surface area contributed by atoms with E-state index in [1.165, 1.54) is 19.5 Å². The smallest absolute Gasteiger partial charge is 0.00368 e. The van der Waals surface area contributed by atoms with Crippen LogP contribution in [0.3, 0.4) is 0 Å². The van der Waals surface area contributed by atoms with Crippen molar-refractivity contribution < 1.29 is 10.5 Å². The van der Waals surface area contributed by atoms with Gasteiger partial charge in [-0.2, -0.15) is 0 Å². The van der Waals surface area contributed by atoms with Crippen LogP contribution < -0.4 is 5.32 Å². The lowest BCUT2D eigenvalue weighted by Crippen LogP contribution is -2.29. The molecule has 0 unspecified atom stereocenters. The molecule has 3 heteroatoms. The Balaban J connectivity index is 0.000000112. The quantitative estimate of drug-likeness (QED) is 0.321. The molecular weight excluding hydrogens is 82.0 g/mol. The third-order valence-electron chi connectivity index (χ3n) is 0.707. The highest BCUT2D eigenvalue weighted by atomic mass is 17.0. The topological polar surface area (TPSA) is 52.2 Å². The predicted octanol–water partition coefficient (Wildman–Crippen LogP) is -0.130. The van der Waals surface area contributed by atoms with Gasteiger partial charge in [-0.3, -0.25) is 0 Å². The molecule has 0 aromatic carbocycles.